The van der Waals surface area contributed by atoms with Gasteiger partial charge in [0.05, 0.1) is 12.6 Å². The lowest BCUT2D eigenvalue weighted by Gasteiger charge is -2.24. The summed E-state index contributed by atoms with van der Waals surface area (Å²) >= 11 is 4.07. The molecule has 0 unspecified atom stereocenters. The summed E-state index contributed by atoms with van der Waals surface area (Å²) in [6.07, 6.45) is 0. The fourth-order valence-electron chi connectivity index (χ4n) is 1.53. The Morgan fingerprint density at radius 1 is 1.00 bits per heavy atom. The van der Waals surface area contributed by atoms with E-state index in [1.54, 1.807) is 0 Å². The average molecular weight is 259 g/mol. The molecule has 0 atom stereocenters. The quantitative estimate of drug-likeness (QED) is 0.661. The molecule has 1 saturated heterocycles. The van der Waals surface area contributed by atoms with Crippen LogP contribution in [0.4, 0.5) is 0 Å². The highest BCUT2D eigenvalue weighted by Gasteiger charge is 2.07. The molecule has 0 bridgehead atoms. The Morgan fingerprint density at radius 2 is 1.69 bits per heavy atom. The Balaban J connectivity index is 2.33. The van der Waals surface area contributed by atoms with Crippen LogP contribution in [0.3, 0.4) is 0 Å². The first-order chi connectivity index (χ1) is 7.83. The second-order valence-corrected chi connectivity index (χ2v) is 6.41. The van der Waals surface area contributed by atoms with Gasteiger partial charge in [0, 0.05) is 49.2 Å². The maximum Gasteiger partial charge on any atom is 0.0866 e. The summed E-state index contributed by atoms with van der Waals surface area (Å²) in [5, 5.41) is 8.76. The van der Waals surface area contributed by atoms with Crippen molar-refractivity contribution in [3.05, 3.63) is 0 Å². The average Bonchev–Trinajstić information content (AvgIpc) is 2.27. The van der Waals surface area contributed by atoms with Gasteiger partial charge >= 0.3 is 0 Å². The van der Waals surface area contributed by atoms with Crippen molar-refractivity contribution in [1.29, 1.82) is 5.26 Å². The Labute approximate surface area is 108 Å². The largest absolute Gasteiger partial charge is 0.304 e. The fraction of sp³-hybridized carbons (Fsp3) is 0.909. The van der Waals surface area contributed by atoms with Crippen LogP contribution >= 0.6 is 23.5 Å². The molecule has 1 aliphatic rings. The van der Waals surface area contributed by atoms with Crippen molar-refractivity contribution in [2.45, 2.75) is 0 Å². The van der Waals surface area contributed by atoms with E-state index in [0.29, 0.717) is 6.54 Å². The molecule has 0 N–H and O–H groups in total. The van der Waals surface area contributed by atoms with Crippen LogP contribution in [0, 0.1) is 11.3 Å². The molecule has 1 heterocycles. The molecule has 3 nitrogen and oxygen atoms in total. The number of rotatable bonds is 1. The molecule has 1 fully saturated rings. The van der Waals surface area contributed by atoms with Gasteiger partial charge in [-0.3, -0.25) is 4.90 Å². The van der Waals surface area contributed by atoms with E-state index in [9.17, 15) is 0 Å². The van der Waals surface area contributed by atoms with Crippen LogP contribution in [0.25, 0.3) is 0 Å². The minimum Gasteiger partial charge on any atom is -0.304 e. The molecule has 0 amide bonds. The summed E-state index contributed by atoms with van der Waals surface area (Å²) in [6, 6.07) is 2.26. The predicted molar refractivity (Wildman–Crippen MR) is 74.2 cm³/mol. The molecule has 0 radical (unpaired) electrons. The number of nitrogens with zero attached hydrogens (tertiary/aromatic N) is 3. The van der Waals surface area contributed by atoms with E-state index in [4.69, 9.17) is 5.26 Å². The maximum absolute atomic E-state index is 8.76. The van der Waals surface area contributed by atoms with E-state index in [1.807, 2.05) is 11.8 Å². The van der Waals surface area contributed by atoms with Gasteiger partial charge in [-0.05, 0) is 7.05 Å². The molecule has 0 aromatic rings. The summed E-state index contributed by atoms with van der Waals surface area (Å²) in [5.74, 6) is 4.90. The van der Waals surface area contributed by atoms with Gasteiger partial charge < -0.3 is 4.90 Å². The predicted octanol–water partition coefficient (Wildman–Crippen LogP) is 1.22. The second-order valence-electron chi connectivity index (χ2n) is 3.96. The summed E-state index contributed by atoms with van der Waals surface area (Å²) < 4.78 is 0. The van der Waals surface area contributed by atoms with E-state index in [0.717, 1.165) is 31.9 Å². The zero-order chi connectivity index (χ0) is 11.6. The molecule has 5 heteroatoms. The summed E-state index contributed by atoms with van der Waals surface area (Å²) in [5.41, 5.74) is 0. The first-order valence-electron chi connectivity index (χ1n) is 5.76. The van der Waals surface area contributed by atoms with Crippen molar-refractivity contribution in [2.75, 3.05) is 62.8 Å². The van der Waals surface area contributed by atoms with Crippen LogP contribution < -0.4 is 0 Å². The van der Waals surface area contributed by atoms with Crippen molar-refractivity contribution in [3.8, 4) is 6.07 Å². The van der Waals surface area contributed by atoms with Crippen LogP contribution in [0.2, 0.25) is 0 Å². The number of hydrogen-bond donors (Lipinski definition) is 0. The topological polar surface area (TPSA) is 30.3 Å². The van der Waals surface area contributed by atoms with Gasteiger partial charge in [0.15, 0.2) is 0 Å². The van der Waals surface area contributed by atoms with Crippen LogP contribution in [0.15, 0.2) is 0 Å². The van der Waals surface area contributed by atoms with Crippen molar-refractivity contribution < 1.29 is 0 Å². The van der Waals surface area contributed by atoms with E-state index in [-0.39, 0.29) is 0 Å². The number of hydrogen-bond acceptors (Lipinski definition) is 5. The second kappa shape index (κ2) is 9.17. The number of likely N-dealkylation sites (N-methyl/N-ethyl adjacent to an activating group) is 1. The van der Waals surface area contributed by atoms with Crippen LogP contribution in [0.1, 0.15) is 0 Å². The molecule has 92 valence electrons. The van der Waals surface area contributed by atoms with Gasteiger partial charge in [-0.2, -0.15) is 28.8 Å². The van der Waals surface area contributed by atoms with E-state index < -0.39 is 0 Å². The van der Waals surface area contributed by atoms with Gasteiger partial charge in [-0.1, -0.05) is 0 Å². The molecule has 1 aliphatic heterocycles. The van der Waals surface area contributed by atoms with Crippen LogP contribution in [-0.2, 0) is 0 Å². The van der Waals surface area contributed by atoms with Gasteiger partial charge in [0.2, 0.25) is 0 Å². The summed E-state index contributed by atoms with van der Waals surface area (Å²) in [4.78, 5) is 4.63. The maximum atomic E-state index is 8.76. The van der Waals surface area contributed by atoms with E-state index in [1.165, 1.54) is 17.3 Å². The highest BCUT2D eigenvalue weighted by atomic mass is 32.2. The molecule has 0 aromatic carbocycles. The van der Waals surface area contributed by atoms with Crippen LogP contribution in [-0.4, -0.2) is 72.6 Å². The van der Waals surface area contributed by atoms with Crippen molar-refractivity contribution in [3.63, 3.8) is 0 Å². The minimum absolute atomic E-state index is 0.573. The van der Waals surface area contributed by atoms with Gasteiger partial charge in [-0.25, -0.2) is 0 Å². The third-order valence-corrected chi connectivity index (χ3v) is 4.82. The molecule has 16 heavy (non-hydrogen) atoms. The SMILES string of the molecule is CN1CCSCCSCCN(CC#N)CC1. The number of nitriles is 1. The highest BCUT2D eigenvalue weighted by molar-refractivity contribution is 8.02. The lowest BCUT2D eigenvalue weighted by Crippen LogP contribution is -2.36. The van der Waals surface area contributed by atoms with Gasteiger partial charge in [-0.15, -0.1) is 0 Å². The third kappa shape index (κ3) is 6.64. The monoisotopic (exact) mass is 259 g/mol. The molecular weight excluding hydrogens is 238 g/mol. The lowest BCUT2D eigenvalue weighted by atomic mass is 10.4. The van der Waals surface area contributed by atoms with E-state index in [2.05, 4.69) is 34.7 Å². The molecule has 0 spiro atoms. The normalized spacial score (nSPS) is 23.0. The molecule has 0 aliphatic carbocycles. The molecule has 1 rings (SSSR count). The summed E-state index contributed by atoms with van der Waals surface area (Å²) in [7, 11) is 2.17. The molecular formula is C11H21N3S2. The smallest absolute Gasteiger partial charge is 0.0866 e. The highest BCUT2D eigenvalue weighted by Crippen LogP contribution is 2.08. The standard InChI is InChI=1S/C11H21N3S2/c1-13-4-5-14(3-2-12)7-9-16-11-10-15-8-6-13/h3-11H2,1H3. The Morgan fingerprint density at radius 3 is 2.38 bits per heavy atom. The van der Waals surface area contributed by atoms with E-state index >= 15 is 0 Å². The van der Waals surface area contributed by atoms with Crippen LogP contribution in [0.5, 0.6) is 0 Å². The summed E-state index contributed by atoms with van der Waals surface area (Å²) in [6.45, 7) is 4.89. The van der Waals surface area contributed by atoms with Gasteiger partial charge in [0.25, 0.3) is 0 Å². The minimum atomic E-state index is 0.573. The number of thioether (sulfide) groups is 2. The first kappa shape index (κ1) is 14.2. The van der Waals surface area contributed by atoms with Crippen molar-refractivity contribution in [2.24, 2.45) is 0 Å². The Kier molecular flexibility index (Phi) is 8.12. The molecule has 0 aromatic heterocycles. The van der Waals surface area contributed by atoms with Crippen molar-refractivity contribution >= 4 is 23.5 Å². The third-order valence-electron chi connectivity index (χ3n) is 2.63. The van der Waals surface area contributed by atoms with Crippen molar-refractivity contribution in [1.82, 2.24) is 9.80 Å². The zero-order valence-electron chi connectivity index (χ0n) is 10.0. The Bertz CT molecular complexity index is 218. The zero-order valence-corrected chi connectivity index (χ0v) is 11.7. The fourth-order valence-corrected chi connectivity index (χ4v) is 3.71. The lowest BCUT2D eigenvalue weighted by molar-refractivity contribution is 0.259. The first-order valence-corrected chi connectivity index (χ1v) is 8.07. The van der Waals surface area contributed by atoms with Gasteiger partial charge in [0.1, 0.15) is 0 Å². The Hall–Kier alpha value is 0.110. The molecule has 0 saturated carbocycles.